The van der Waals surface area contributed by atoms with Gasteiger partial charge in [0.15, 0.2) is 0 Å². The molecule has 0 aliphatic heterocycles. The van der Waals surface area contributed by atoms with Crippen LogP contribution in [0.25, 0.3) is 0 Å². The first kappa shape index (κ1) is 8.13. The molecule has 4 nitrogen and oxygen atoms in total. The highest BCUT2D eigenvalue weighted by molar-refractivity contribution is 7.86. The Balaban J connectivity index is 2.72. The highest BCUT2D eigenvalue weighted by atomic mass is 32.2. The lowest BCUT2D eigenvalue weighted by Gasteiger charge is -2.02. The zero-order valence-corrected chi connectivity index (χ0v) is 6.91. The Bertz CT molecular complexity index is 301. The largest absolute Gasteiger partial charge is 0.326 e. The van der Waals surface area contributed by atoms with E-state index in [-0.39, 0.29) is 5.75 Å². The summed E-state index contributed by atoms with van der Waals surface area (Å²) in [5, 5.41) is 0. The van der Waals surface area contributed by atoms with Gasteiger partial charge in [0.05, 0.1) is 5.75 Å². The lowest BCUT2D eigenvalue weighted by molar-refractivity contribution is 0.281. The van der Waals surface area contributed by atoms with Crippen molar-refractivity contribution in [2.24, 2.45) is 0 Å². The molecule has 1 rings (SSSR count). The molecule has 0 amide bonds. The van der Waals surface area contributed by atoms with Gasteiger partial charge in [0.2, 0.25) is 0 Å². The first-order valence-electron chi connectivity index (χ1n) is 3.19. The zero-order chi connectivity index (χ0) is 8.32. The van der Waals surface area contributed by atoms with E-state index in [1.165, 1.54) is 19.3 Å². The standard InChI is InChI=1S/C6H9NO3S/c1-2-11(8,9)10-7-5-3-4-6-7/h3-6H,2H2,1H3. The molecule has 0 radical (unpaired) electrons. The van der Waals surface area contributed by atoms with Gasteiger partial charge in [-0.05, 0) is 19.1 Å². The van der Waals surface area contributed by atoms with Crippen LogP contribution in [-0.2, 0) is 10.1 Å². The first-order chi connectivity index (χ1) is 5.14. The maximum absolute atomic E-state index is 10.8. The van der Waals surface area contributed by atoms with Gasteiger partial charge in [-0.2, -0.15) is 13.1 Å². The van der Waals surface area contributed by atoms with Gasteiger partial charge in [-0.25, -0.2) is 0 Å². The van der Waals surface area contributed by atoms with Crippen molar-refractivity contribution in [2.75, 3.05) is 5.75 Å². The molecular formula is C6H9NO3S. The minimum atomic E-state index is -3.38. The fourth-order valence-electron chi connectivity index (χ4n) is 0.552. The molecule has 0 spiro atoms. The van der Waals surface area contributed by atoms with Crippen molar-refractivity contribution < 1.29 is 12.7 Å². The fraction of sp³-hybridized carbons (Fsp3) is 0.333. The van der Waals surface area contributed by atoms with Gasteiger partial charge in [0.25, 0.3) is 0 Å². The predicted octanol–water partition coefficient (Wildman–Crippen LogP) is 0.266. The third kappa shape index (κ3) is 2.27. The minimum Gasteiger partial charge on any atom is -0.288 e. The zero-order valence-electron chi connectivity index (χ0n) is 6.10. The van der Waals surface area contributed by atoms with Crippen molar-refractivity contribution in [2.45, 2.75) is 6.92 Å². The average Bonchev–Trinajstić information content (AvgIpc) is 2.39. The molecule has 5 heteroatoms. The SMILES string of the molecule is CCS(=O)(=O)On1cccc1. The van der Waals surface area contributed by atoms with E-state index in [0.717, 1.165) is 4.73 Å². The van der Waals surface area contributed by atoms with Crippen LogP contribution in [0.15, 0.2) is 24.5 Å². The van der Waals surface area contributed by atoms with Gasteiger partial charge >= 0.3 is 10.1 Å². The maximum Gasteiger partial charge on any atom is 0.326 e. The molecule has 11 heavy (non-hydrogen) atoms. The van der Waals surface area contributed by atoms with Crippen molar-refractivity contribution >= 4 is 10.1 Å². The quantitative estimate of drug-likeness (QED) is 0.662. The van der Waals surface area contributed by atoms with Crippen molar-refractivity contribution in [1.82, 2.24) is 4.73 Å². The summed E-state index contributed by atoms with van der Waals surface area (Å²) < 4.78 is 27.4. The minimum absolute atomic E-state index is 0.0226. The second kappa shape index (κ2) is 2.96. The second-order valence-corrected chi connectivity index (χ2v) is 3.81. The number of aromatic nitrogens is 1. The topological polar surface area (TPSA) is 48.3 Å². The van der Waals surface area contributed by atoms with E-state index < -0.39 is 10.1 Å². The molecule has 0 saturated heterocycles. The van der Waals surface area contributed by atoms with E-state index in [4.69, 9.17) is 0 Å². The van der Waals surface area contributed by atoms with Crippen molar-refractivity contribution in [1.29, 1.82) is 0 Å². The van der Waals surface area contributed by atoms with E-state index in [1.807, 2.05) is 0 Å². The Hall–Kier alpha value is -0.970. The second-order valence-electron chi connectivity index (χ2n) is 1.96. The predicted molar refractivity (Wildman–Crippen MR) is 40.5 cm³/mol. The Labute approximate surface area is 65.5 Å². The van der Waals surface area contributed by atoms with E-state index in [9.17, 15) is 8.42 Å². The van der Waals surface area contributed by atoms with E-state index in [2.05, 4.69) is 4.28 Å². The fourth-order valence-corrected chi connectivity index (χ4v) is 1.02. The molecular weight excluding hydrogens is 166 g/mol. The van der Waals surface area contributed by atoms with Gasteiger partial charge in [-0.1, -0.05) is 0 Å². The van der Waals surface area contributed by atoms with Crippen LogP contribution >= 0.6 is 0 Å². The van der Waals surface area contributed by atoms with Gasteiger partial charge in [-0.3, -0.25) is 4.28 Å². The molecule has 0 saturated carbocycles. The summed E-state index contributed by atoms with van der Waals surface area (Å²) in [4.78, 5) is 0. The summed E-state index contributed by atoms with van der Waals surface area (Å²) >= 11 is 0. The smallest absolute Gasteiger partial charge is 0.288 e. The monoisotopic (exact) mass is 175 g/mol. The molecule has 0 aliphatic rings. The Morgan fingerprint density at radius 1 is 1.36 bits per heavy atom. The number of nitrogens with zero attached hydrogens (tertiary/aromatic N) is 1. The average molecular weight is 175 g/mol. The summed E-state index contributed by atoms with van der Waals surface area (Å²) in [5.41, 5.74) is 0. The summed E-state index contributed by atoms with van der Waals surface area (Å²) in [5.74, 6) is -0.0226. The molecule has 0 bridgehead atoms. The molecule has 1 heterocycles. The number of rotatable bonds is 3. The van der Waals surface area contributed by atoms with Crippen LogP contribution in [-0.4, -0.2) is 18.9 Å². The Kier molecular flexibility index (Phi) is 2.19. The van der Waals surface area contributed by atoms with Crippen molar-refractivity contribution in [3.63, 3.8) is 0 Å². The lowest BCUT2D eigenvalue weighted by Crippen LogP contribution is -2.20. The Morgan fingerprint density at radius 2 is 1.91 bits per heavy atom. The van der Waals surface area contributed by atoms with Crippen LogP contribution in [0.3, 0.4) is 0 Å². The van der Waals surface area contributed by atoms with Gasteiger partial charge in [-0.15, -0.1) is 0 Å². The van der Waals surface area contributed by atoms with Crippen LogP contribution in [0.1, 0.15) is 6.92 Å². The molecule has 0 atom stereocenters. The molecule has 0 fully saturated rings. The molecule has 0 unspecified atom stereocenters. The molecule has 62 valence electrons. The highest BCUT2D eigenvalue weighted by Crippen LogP contribution is 1.91. The van der Waals surface area contributed by atoms with Gasteiger partial charge in [0, 0.05) is 12.4 Å². The van der Waals surface area contributed by atoms with Crippen LogP contribution in [0.4, 0.5) is 0 Å². The van der Waals surface area contributed by atoms with Gasteiger partial charge < -0.3 is 0 Å². The third-order valence-electron chi connectivity index (χ3n) is 1.13. The van der Waals surface area contributed by atoms with E-state index >= 15 is 0 Å². The van der Waals surface area contributed by atoms with Crippen LogP contribution in [0, 0.1) is 0 Å². The molecule has 0 aromatic carbocycles. The summed E-state index contributed by atoms with van der Waals surface area (Å²) in [6.07, 6.45) is 3.04. The van der Waals surface area contributed by atoms with Crippen LogP contribution in [0.2, 0.25) is 0 Å². The first-order valence-corrected chi connectivity index (χ1v) is 4.77. The summed E-state index contributed by atoms with van der Waals surface area (Å²) in [6.45, 7) is 1.53. The van der Waals surface area contributed by atoms with Crippen LogP contribution in [0.5, 0.6) is 0 Å². The lowest BCUT2D eigenvalue weighted by atomic mass is 10.7. The van der Waals surface area contributed by atoms with E-state index in [0.29, 0.717) is 0 Å². The molecule has 1 aromatic rings. The van der Waals surface area contributed by atoms with Gasteiger partial charge in [0.1, 0.15) is 0 Å². The van der Waals surface area contributed by atoms with Crippen LogP contribution < -0.4 is 4.28 Å². The third-order valence-corrected chi connectivity index (χ3v) is 2.24. The maximum atomic E-state index is 10.8. The highest BCUT2D eigenvalue weighted by Gasteiger charge is 2.07. The van der Waals surface area contributed by atoms with Crippen molar-refractivity contribution in [3.8, 4) is 0 Å². The van der Waals surface area contributed by atoms with Crippen molar-refractivity contribution in [3.05, 3.63) is 24.5 Å². The number of hydrogen-bond acceptors (Lipinski definition) is 3. The number of hydrogen-bond donors (Lipinski definition) is 0. The normalized spacial score (nSPS) is 11.4. The molecule has 1 aromatic heterocycles. The summed E-state index contributed by atoms with van der Waals surface area (Å²) in [7, 11) is -3.38. The van der Waals surface area contributed by atoms with E-state index in [1.54, 1.807) is 12.1 Å². The Morgan fingerprint density at radius 3 is 2.36 bits per heavy atom. The summed E-state index contributed by atoms with van der Waals surface area (Å²) in [6, 6.07) is 3.37. The molecule has 0 N–H and O–H groups in total. The molecule has 0 aliphatic carbocycles.